The van der Waals surface area contributed by atoms with Crippen molar-refractivity contribution in [3.63, 3.8) is 0 Å². The Hall–Kier alpha value is 0.150. The van der Waals surface area contributed by atoms with Gasteiger partial charge in [-0.15, -0.1) is 11.6 Å². The van der Waals surface area contributed by atoms with Crippen molar-refractivity contribution in [1.82, 2.24) is 4.72 Å². The maximum atomic E-state index is 11.2. The molecule has 0 heterocycles. The van der Waals surface area contributed by atoms with Gasteiger partial charge in [-0.2, -0.15) is 0 Å². The van der Waals surface area contributed by atoms with Crippen LogP contribution in [-0.2, 0) is 19.9 Å². The minimum Gasteiger partial charge on any atom is -0.228 e. The zero-order chi connectivity index (χ0) is 12.8. The van der Waals surface area contributed by atoms with Gasteiger partial charge in [-0.05, 0) is 18.8 Å². The van der Waals surface area contributed by atoms with E-state index in [2.05, 4.69) is 4.72 Å². The monoisotopic (exact) mass is 291 g/mol. The minimum absolute atomic E-state index is 0.249. The molecule has 0 aromatic carbocycles. The van der Waals surface area contributed by atoms with Crippen LogP contribution in [0, 0.1) is 5.92 Å². The molecule has 0 amide bonds. The van der Waals surface area contributed by atoms with Gasteiger partial charge in [0.2, 0.25) is 10.0 Å². The Balaban J connectivity index is 3.93. The van der Waals surface area contributed by atoms with Crippen LogP contribution < -0.4 is 4.72 Å². The van der Waals surface area contributed by atoms with Crippen molar-refractivity contribution in [3.8, 4) is 0 Å². The fraction of sp³-hybridized carbons (Fsp3) is 1.00. The molecule has 0 aliphatic carbocycles. The molecular weight excluding hydrogens is 274 g/mol. The lowest BCUT2D eigenvalue weighted by Gasteiger charge is -2.08. The third-order valence-electron chi connectivity index (χ3n) is 1.83. The summed E-state index contributed by atoms with van der Waals surface area (Å²) in [7, 11) is -7.23. The predicted molar refractivity (Wildman–Crippen MR) is 65.8 cm³/mol. The van der Waals surface area contributed by atoms with Gasteiger partial charge in [0.1, 0.15) is 0 Å². The Labute approximate surface area is 103 Å². The van der Waals surface area contributed by atoms with Crippen molar-refractivity contribution in [2.45, 2.75) is 19.8 Å². The number of nitrogens with one attached hydrogen (secondary N) is 1. The average Bonchev–Trinajstić information content (AvgIpc) is 2.08. The van der Waals surface area contributed by atoms with Crippen molar-refractivity contribution in [1.29, 1.82) is 0 Å². The van der Waals surface area contributed by atoms with Gasteiger partial charge in [-0.3, -0.25) is 0 Å². The van der Waals surface area contributed by atoms with Gasteiger partial charge < -0.3 is 0 Å². The van der Waals surface area contributed by atoms with Crippen molar-refractivity contribution >= 4 is 31.5 Å². The molecule has 8 heteroatoms. The molecule has 0 saturated heterocycles. The first kappa shape index (κ1) is 16.1. The Morgan fingerprint density at radius 1 is 1.25 bits per heavy atom. The summed E-state index contributed by atoms with van der Waals surface area (Å²) in [5.74, 6) is 0.872. The van der Waals surface area contributed by atoms with Gasteiger partial charge in [0.05, 0.1) is 0 Å². The maximum Gasteiger partial charge on any atom is 0.226 e. The summed E-state index contributed by atoms with van der Waals surface area (Å²) in [6, 6.07) is 0. The van der Waals surface area contributed by atoms with Crippen LogP contribution in [0.1, 0.15) is 19.8 Å². The fourth-order valence-corrected chi connectivity index (χ4v) is 4.28. The molecule has 0 saturated carbocycles. The highest BCUT2D eigenvalue weighted by Crippen LogP contribution is 2.06. The number of halogens is 1. The molecule has 1 atom stereocenters. The number of hydrogen-bond donors (Lipinski definition) is 1. The van der Waals surface area contributed by atoms with E-state index < -0.39 is 24.9 Å². The van der Waals surface area contributed by atoms with Crippen LogP contribution in [-0.4, -0.2) is 40.6 Å². The molecule has 0 radical (unpaired) electrons. The molecule has 0 bridgehead atoms. The van der Waals surface area contributed by atoms with Crippen LogP contribution in [0.4, 0.5) is 0 Å². The second kappa shape index (κ2) is 6.78. The van der Waals surface area contributed by atoms with Gasteiger partial charge in [-0.1, -0.05) is 6.92 Å². The Kier molecular flexibility index (Phi) is 6.84. The van der Waals surface area contributed by atoms with E-state index in [1.165, 1.54) is 0 Å². The highest BCUT2D eigenvalue weighted by molar-refractivity contribution is 8.06. The van der Waals surface area contributed by atoms with E-state index in [4.69, 9.17) is 11.6 Å². The fourth-order valence-electron chi connectivity index (χ4n) is 1.08. The van der Waals surface area contributed by atoms with Crippen molar-refractivity contribution in [2.24, 2.45) is 5.92 Å². The third-order valence-corrected chi connectivity index (χ3v) is 5.95. The largest absolute Gasteiger partial charge is 0.228 e. The lowest BCUT2D eigenvalue weighted by molar-refractivity contribution is 0.544. The molecule has 0 fully saturated rings. The van der Waals surface area contributed by atoms with Crippen LogP contribution in [0.25, 0.3) is 0 Å². The first-order valence-corrected chi connectivity index (χ1v) is 9.12. The number of alkyl halides is 1. The summed E-state index contributed by atoms with van der Waals surface area (Å²) in [6.45, 7) is 2.22. The van der Waals surface area contributed by atoms with E-state index >= 15 is 0 Å². The molecule has 16 heavy (non-hydrogen) atoms. The Morgan fingerprint density at radius 3 is 2.25 bits per heavy atom. The smallest absolute Gasteiger partial charge is 0.226 e. The lowest BCUT2D eigenvalue weighted by Crippen LogP contribution is -2.30. The number of sulfonamides is 1. The van der Waals surface area contributed by atoms with Crippen molar-refractivity contribution < 1.29 is 16.8 Å². The Bertz CT molecular complexity index is 390. The summed E-state index contributed by atoms with van der Waals surface area (Å²) in [5.41, 5.74) is 0. The standard InChI is InChI=1S/C8H18ClNO4S2/c1-8(6-9)4-3-5-10-16(13,14)7-15(2,11)12/h8,10H,3-7H2,1-2H3. The summed E-state index contributed by atoms with van der Waals surface area (Å²) >= 11 is 5.59. The van der Waals surface area contributed by atoms with Crippen LogP contribution in [0.3, 0.4) is 0 Å². The molecule has 5 nitrogen and oxygen atoms in total. The van der Waals surface area contributed by atoms with Gasteiger partial charge in [0, 0.05) is 18.7 Å². The summed E-state index contributed by atoms with van der Waals surface area (Å²) in [5, 5.41) is -0.856. The summed E-state index contributed by atoms with van der Waals surface area (Å²) in [4.78, 5) is 0. The number of sulfone groups is 1. The summed E-state index contributed by atoms with van der Waals surface area (Å²) < 4.78 is 46.3. The van der Waals surface area contributed by atoms with Crippen molar-refractivity contribution in [2.75, 3.05) is 23.8 Å². The highest BCUT2D eigenvalue weighted by atomic mass is 35.5. The second-order valence-corrected chi connectivity index (χ2v) is 8.58. The van der Waals surface area contributed by atoms with Crippen LogP contribution in [0.2, 0.25) is 0 Å². The molecule has 0 aliphatic rings. The first-order valence-electron chi connectivity index (χ1n) is 4.87. The van der Waals surface area contributed by atoms with E-state index in [0.29, 0.717) is 18.2 Å². The van der Waals surface area contributed by atoms with Crippen LogP contribution in [0.5, 0.6) is 0 Å². The van der Waals surface area contributed by atoms with Gasteiger partial charge in [-0.25, -0.2) is 21.6 Å². The van der Waals surface area contributed by atoms with Crippen LogP contribution >= 0.6 is 11.6 Å². The SMILES string of the molecule is CC(CCl)CCCNS(=O)(=O)CS(C)(=O)=O. The zero-order valence-electron chi connectivity index (χ0n) is 9.44. The van der Waals surface area contributed by atoms with E-state index in [1.807, 2.05) is 6.92 Å². The molecule has 0 aliphatic heterocycles. The predicted octanol–water partition coefficient (Wildman–Crippen LogP) is 0.563. The summed E-state index contributed by atoms with van der Waals surface area (Å²) in [6.07, 6.45) is 2.35. The maximum absolute atomic E-state index is 11.2. The Morgan fingerprint density at radius 2 is 1.81 bits per heavy atom. The van der Waals surface area contributed by atoms with E-state index in [-0.39, 0.29) is 6.54 Å². The highest BCUT2D eigenvalue weighted by Gasteiger charge is 2.17. The molecule has 1 N–H and O–H groups in total. The first-order chi connectivity index (χ1) is 7.16. The molecule has 0 spiro atoms. The number of rotatable bonds is 8. The van der Waals surface area contributed by atoms with Gasteiger partial charge in [0.15, 0.2) is 14.9 Å². The molecular formula is C8H18ClNO4S2. The van der Waals surface area contributed by atoms with Gasteiger partial charge >= 0.3 is 0 Å². The normalized spacial score (nSPS) is 14.9. The number of hydrogen-bond acceptors (Lipinski definition) is 4. The topological polar surface area (TPSA) is 80.3 Å². The van der Waals surface area contributed by atoms with Crippen molar-refractivity contribution in [3.05, 3.63) is 0 Å². The van der Waals surface area contributed by atoms with E-state index in [9.17, 15) is 16.8 Å². The van der Waals surface area contributed by atoms with E-state index in [0.717, 1.165) is 12.7 Å². The second-order valence-electron chi connectivity index (χ2n) is 3.95. The molecule has 0 rings (SSSR count). The lowest BCUT2D eigenvalue weighted by atomic mass is 10.1. The zero-order valence-corrected chi connectivity index (χ0v) is 11.8. The molecule has 1 unspecified atom stereocenters. The quantitative estimate of drug-likeness (QED) is 0.523. The van der Waals surface area contributed by atoms with E-state index in [1.54, 1.807) is 0 Å². The van der Waals surface area contributed by atoms with Gasteiger partial charge in [0.25, 0.3) is 0 Å². The van der Waals surface area contributed by atoms with Crippen LogP contribution in [0.15, 0.2) is 0 Å². The average molecular weight is 292 g/mol. The third kappa shape index (κ3) is 9.38. The molecule has 0 aromatic heterocycles. The molecule has 0 aromatic rings. The minimum atomic E-state index is -3.71. The molecule has 98 valence electrons.